The standard InChI is InChI=1S/C12H20N4O/c1-8-11(9(2)15(3)14-8)12(17)16(7-6-13)10-4-5-10/h10H,4-7,13H2,1-3H3. The first-order valence-electron chi connectivity index (χ1n) is 6.07. The van der Waals surface area contributed by atoms with E-state index in [9.17, 15) is 4.79 Å². The summed E-state index contributed by atoms with van der Waals surface area (Å²) in [4.78, 5) is 14.4. The van der Waals surface area contributed by atoms with Crippen molar-refractivity contribution < 1.29 is 4.79 Å². The highest BCUT2D eigenvalue weighted by Crippen LogP contribution is 2.29. The summed E-state index contributed by atoms with van der Waals surface area (Å²) in [5.41, 5.74) is 8.05. The fourth-order valence-electron chi connectivity index (χ4n) is 2.20. The van der Waals surface area contributed by atoms with Gasteiger partial charge in [0.05, 0.1) is 11.3 Å². The second kappa shape index (κ2) is 4.49. The van der Waals surface area contributed by atoms with Gasteiger partial charge in [0, 0.05) is 31.9 Å². The molecule has 0 spiro atoms. The van der Waals surface area contributed by atoms with E-state index in [1.54, 1.807) is 4.68 Å². The molecular weight excluding hydrogens is 216 g/mol. The van der Waals surface area contributed by atoms with Crippen molar-refractivity contribution in [2.75, 3.05) is 13.1 Å². The van der Waals surface area contributed by atoms with Crippen LogP contribution in [0.2, 0.25) is 0 Å². The molecule has 2 N–H and O–H groups in total. The molecule has 0 bridgehead atoms. The van der Waals surface area contributed by atoms with Gasteiger partial charge in [0.15, 0.2) is 0 Å². The molecule has 5 nitrogen and oxygen atoms in total. The van der Waals surface area contributed by atoms with E-state index in [-0.39, 0.29) is 5.91 Å². The third-order valence-corrected chi connectivity index (χ3v) is 3.34. The van der Waals surface area contributed by atoms with E-state index < -0.39 is 0 Å². The van der Waals surface area contributed by atoms with E-state index in [2.05, 4.69) is 5.10 Å². The van der Waals surface area contributed by atoms with Crippen LogP contribution < -0.4 is 5.73 Å². The molecule has 0 saturated heterocycles. The number of aromatic nitrogens is 2. The Labute approximate surface area is 102 Å². The molecule has 5 heteroatoms. The van der Waals surface area contributed by atoms with E-state index in [0.29, 0.717) is 19.1 Å². The molecule has 0 aromatic carbocycles. The van der Waals surface area contributed by atoms with Crippen LogP contribution in [-0.2, 0) is 7.05 Å². The Kier molecular flexibility index (Phi) is 3.19. The summed E-state index contributed by atoms with van der Waals surface area (Å²) >= 11 is 0. The SMILES string of the molecule is Cc1nn(C)c(C)c1C(=O)N(CCN)C1CC1. The first-order chi connectivity index (χ1) is 8.06. The number of aryl methyl sites for hydroxylation is 2. The van der Waals surface area contributed by atoms with Crippen molar-refractivity contribution in [1.82, 2.24) is 14.7 Å². The smallest absolute Gasteiger partial charge is 0.257 e. The number of hydrogen-bond donors (Lipinski definition) is 1. The Morgan fingerprint density at radius 3 is 2.59 bits per heavy atom. The van der Waals surface area contributed by atoms with Crippen LogP contribution in [0.4, 0.5) is 0 Å². The molecule has 1 aromatic rings. The zero-order valence-corrected chi connectivity index (χ0v) is 10.7. The molecule has 1 heterocycles. The van der Waals surface area contributed by atoms with Gasteiger partial charge in [-0.05, 0) is 26.7 Å². The first kappa shape index (κ1) is 12.1. The third kappa shape index (κ3) is 2.20. The maximum atomic E-state index is 12.5. The van der Waals surface area contributed by atoms with Crippen molar-refractivity contribution in [1.29, 1.82) is 0 Å². The van der Waals surface area contributed by atoms with E-state index in [1.165, 1.54) is 0 Å². The van der Waals surface area contributed by atoms with Gasteiger partial charge in [-0.15, -0.1) is 0 Å². The van der Waals surface area contributed by atoms with Crippen LogP contribution in [0.3, 0.4) is 0 Å². The van der Waals surface area contributed by atoms with E-state index in [1.807, 2.05) is 25.8 Å². The van der Waals surface area contributed by atoms with Crippen molar-refractivity contribution >= 4 is 5.91 Å². The molecule has 0 radical (unpaired) electrons. The number of hydrogen-bond acceptors (Lipinski definition) is 3. The number of nitrogens with two attached hydrogens (primary N) is 1. The highest BCUT2D eigenvalue weighted by Gasteiger charge is 2.34. The number of carbonyl (C=O) groups excluding carboxylic acids is 1. The predicted octanol–water partition coefficient (Wildman–Crippen LogP) is 0.600. The summed E-state index contributed by atoms with van der Waals surface area (Å²) in [6.45, 7) is 4.96. The van der Waals surface area contributed by atoms with Gasteiger partial charge in [0.1, 0.15) is 0 Å². The Balaban J connectivity index is 2.28. The van der Waals surface area contributed by atoms with Crippen LogP contribution in [0, 0.1) is 13.8 Å². The van der Waals surface area contributed by atoms with Crippen LogP contribution in [0.5, 0.6) is 0 Å². The Morgan fingerprint density at radius 1 is 1.53 bits per heavy atom. The average Bonchev–Trinajstić information content (AvgIpc) is 3.05. The fraction of sp³-hybridized carbons (Fsp3) is 0.667. The normalized spacial score (nSPS) is 15.1. The number of nitrogens with zero attached hydrogens (tertiary/aromatic N) is 3. The van der Waals surface area contributed by atoms with Gasteiger partial charge in [-0.2, -0.15) is 5.10 Å². The minimum Gasteiger partial charge on any atom is -0.334 e. The quantitative estimate of drug-likeness (QED) is 0.832. The third-order valence-electron chi connectivity index (χ3n) is 3.34. The van der Waals surface area contributed by atoms with Crippen molar-refractivity contribution in [3.63, 3.8) is 0 Å². The molecule has 17 heavy (non-hydrogen) atoms. The zero-order chi connectivity index (χ0) is 12.6. The van der Waals surface area contributed by atoms with Gasteiger partial charge >= 0.3 is 0 Å². The fourth-order valence-corrected chi connectivity index (χ4v) is 2.20. The zero-order valence-electron chi connectivity index (χ0n) is 10.7. The predicted molar refractivity (Wildman–Crippen MR) is 65.8 cm³/mol. The summed E-state index contributed by atoms with van der Waals surface area (Å²) in [5.74, 6) is 0.0843. The van der Waals surface area contributed by atoms with Gasteiger partial charge in [-0.25, -0.2) is 0 Å². The molecule has 0 aliphatic heterocycles. The summed E-state index contributed by atoms with van der Waals surface area (Å²) in [6.07, 6.45) is 2.20. The van der Waals surface area contributed by atoms with Crippen LogP contribution >= 0.6 is 0 Å². The Bertz CT molecular complexity index is 434. The van der Waals surface area contributed by atoms with E-state index in [0.717, 1.165) is 29.8 Å². The van der Waals surface area contributed by atoms with Crippen LogP contribution in [0.25, 0.3) is 0 Å². The highest BCUT2D eigenvalue weighted by molar-refractivity contribution is 5.96. The van der Waals surface area contributed by atoms with Crippen LogP contribution in [-0.4, -0.2) is 39.7 Å². The maximum Gasteiger partial charge on any atom is 0.257 e. The minimum absolute atomic E-state index is 0.0843. The molecule has 0 unspecified atom stereocenters. The van der Waals surface area contributed by atoms with Crippen molar-refractivity contribution in [2.45, 2.75) is 32.7 Å². The molecule has 1 aromatic heterocycles. The molecule has 2 rings (SSSR count). The summed E-state index contributed by atoms with van der Waals surface area (Å²) in [5, 5.41) is 4.29. The number of amides is 1. The largest absolute Gasteiger partial charge is 0.334 e. The number of rotatable bonds is 4. The molecule has 1 aliphatic carbocycles. The lowest BCUT2D eigenvalue weighted by molar-refractivity contribution is 0.0746. The molecule has 0 atom stereocenters. The second-order valence-electron chi connectivity index (χ2n) is 4.69. The summed E-state index contributed by atoms with van der Waals surface area (Å²) < 4.78 is 1.76. The summed E-state index contributed by atoms with van der Waals surface area (Å²) in [7, 11) is 1.86. The maximum absolute atomic E-state index is 12.5. The highest BCUT2D eigenvalue weighted by atomic mass is 16.2. The van der Waals surface area contributed by atoms with Crippen LogP contribution in [0.15, 0.2) is 0 Å². The molecule has 94 valence electrons. The molecule has 1 amide bonds. The van der Waals surface area contributed by atoms with Crippen molar-refractivity contribution in [3.8, 4) is 0 Å². The summed E-state index contributed by atoms with van der Waals surface area (Å²) in [6, 6.07) is 0.394. The second-order valence-corrected chi connectivity index (χ2v) is 4.69. The van der Waals surface area contributed by atoms with E-state index in [4.69, 9.17) is 5.73 Å². The number of carbonyl (C=O) groups is 1. The Hall–Kier alpha value is -1.36. The monoisotopic (exact) mass is 236 g/mol. The first-order valence-corrected chi connectivity index (χ1v) is 6.07. The van der Waals surface area contributed by atoms with Crippen molar-refractivity contribution in [2.24, 2.45) is 12.8 Å². The van der Waals surface area contributed by atoms with Crippen molar-refractivity contribution in [3.05, 3.63) is 17.0 Å². The van der Waals surface area contributed by atoms with Gasteiger partial charge in [0.25, 0.3) is 5.91 Å². The lowest BCUT2D eigenvalue weighted by Crippen LogP contribution is -2.37. The minimum atomic E-state index is 0.0843. The molecule has 1 fully saturated rings. The molecule has 1 saturated carbocycles. The van der Waals surface area contributed by atoms with Gasteiger partial charge in [-0.3, -0.25) is 9.48 Å². The molecule has 1 aliphatic rings. The average molecular weight is 236 g/mol. The van der Waals surface area contributed by atoms with E-state index >= 15 is 0 Å². The Morgan fingerprint density at radius 2 is 2.18 bits per heavy atom. The van der Waals surface area contributed by atoms with Gasteiger partial charge in [0.2, 0.25) is 0 Å². The topological polar surface area (TPSA) is 64.2 Å². The van der Waals surface area contributed by atoms with Crippen LogP contribution in [0.1, 0.15) is 34.6 Å². The lowest BCUT2D eigenvalue weighted by atomic mass is 10.1. The van der Waals surface area contributed by atoms with Gasteiger partial charge < -0.3 is 10.6 Å². The molecular formula is C12H20N4O. The lowest BCUT2D eigenvalue weighted by Gasteiger charge is -2.21. The van der Waals surface area contributed by atoms with Gasteiger partial charge in [-0.1, -0.05) is 0 Å².